The number of rotatable bonds is 9. The van der Waals surface area contributed by atoms with Gasteiger partial charge in [-0.25, -0.2) is 22.9 Å². The molecule has 0 saturated carbocycles. The van der Waals surface area contributed by atoms with E-state index in [0.29, 0.717) is 17.7 Å². The van der Waals surface area contributed by atoms with Crippen LogP contribution in [0, 0.1) is 5.92 Å². The smallest absolute Gasteiger partial charge is 0.405 e. The maximum atomic E-state index is 13.5. The molecule has 0 spiro atoms. The molecular formula is C20H24F3N3O3. The third-order valence-corrected chi connectivity index (χ3v) is 4.17. The lowest BCUT2D eigenvalue weighted by molar-refractivity contribution is 0.142. The maximum Gasteiger partial charge on any atom is 0.405 e. The molecule has 29 heavy (non-hydrogen) atoms. The van der Waals surface area contributed by atoms with Crippen molar-refractivity contribution in [3.63, 3.8) is 0 Å². The molecule has 0 radical (unpaired) electrons. The van der Waals surface area contributed by atoms with E-state index in [-0.39, 0.29) is 24.0 Å². The minimum Gasteiger partial charge on any atom is -0.489 e. The van der Waals surface area contributed by atoms with Gasteiger partial charge in [-0.3, -0.25) is 4.98 Å². The summed E-state index contributed by atoms with van der Waals surface area (Å²) < 4.78 is 44.9. The predicted molar refractivity (Wildman–Crippen MR) is 102 cm³/mol. The van der Waals surface area contributed by atoms with Crippen LogP contribution in [0.15, 0.2) is 30.5 Å². The number of hydrogen-bond acceptors (Lipinski definition) is 4. The molecule has 0 aliphatic rings. The quantitative estimate of drug-likeness (QED) is 0.607. The number of carbonyl (C=O) groups is 1. The zero-order valence-electron chi connectivity index (χ0n) is 16.5. The van der Waals surface area contributed by atoms with Crippen LogP contribution >= 0.6 is 0 Å². The van der Waals surface area contributed by atoms with E-state index in [4.69, 9.17) is 9.84 Å². The first-order valence-electron chi connectivity index (χ1n) is 9.08. The van der Waals surface area contributed by atoms with E-state index < -0.39 is 30.4 Å². The highest BCUT2D eigenvalue weighted by molar-refractivity contribution is 5.65. The van der Waals surface area contributed by atoms with Gasteiger partial charge >= 0.3 is 6.09 Å². The highest BCUT2D eigenvalue weighted by atomic mass is 19.3. The SMILES string of the molecule is CC(C)CC(C)(COc1ccc(-c2ccnc(C(F)F)c2)nc1CF)NC(=O)O. The van der Waals surface area contributed by atoms with Crippen molar-refractivity contribution in [2.45, 2.75) is 45.8 Å². The van der Waals surface area contributed by atoms with Gasteiger partial charge in [-0.1, -0.05) is 13.8 Å². The molecule has 2 heterocycles. The molecule has 2 aromatic rings. The lowest BCUT2D eigenvalue weighted by atomic mass is 9.91. The summed E-state index contributed by atoms with van der Waals surface area (Å²) in [6, 6.07) is 5.74. The number of halogens is 3. The van der Waals surface area contributed by atoms with Crippen LogP contribution in [0.25, 0.3) is 11.3 Å². The Morgan fingerprint density at radius 1 is 1.31 bits per heavy atom. The zero-order valence-corrected chi connectivity index (χ0v) is 16.5. The van der Waals surface area contributed by atoms with Crippen LogP contribution < -0.4 is 10.1 Å². The van der Waals surface area contributed by atoms with Crippen LogP contribution in [-0.2, 0) is 6.67 Å². The minimum atomic E-state index is -2.72. The topological polar surface area (TPSA) is 84.3 Å². The molecule has 0 aliphatic heterocycles. The van der Waals surface area contributed by atoms with Crippen LogP contribution in [0.1, 0.15) is 45.0 Å². The summed E-state index contributed by atoms with van der Waals surface area (Å²) in [4.78, 5) is 18.9. The molecule has 0 bridgehead atoms. The van der Waals surface area contributed by atoms with E-state index in [1.165, 1.54) is 30.5 Å². The average molecular weight is 411 g/mol. The summed E-state index contributed by atoms with van der Waals surface area (Å²) in [5.41, 5.74) is -0.573. The molecule has 1 unspecified atom stereocenters. The van der Waals surface area contributed by atoms with Crippen molar-refractivity contribution >= 4 is 6.09 Å². The first kappa shape index (κ1) is 22.4. The molecule has 0 fully saturated rings. The Morgan fingerprint density at radius 3 is 2.62 bits per heavy atom. The fraction of sp³-hybridized carbons (Fsp3) is 0.450. The van der Waals surface area contributed by atoms with Gasteiger partial charge in [-0.05, 0) is 43.5 Å². The predicted octanol–water partition coefficient (Wildman–Crippen LogP) is 5.00. The van der Waals surface area contributed by atoms with Crippen LogP contribution in [0.4, 0.5) is 18.0 Å². The molecule has 1 amide bonds. The molecule has 2 N–H and O–H groups in total. The van der Waals surface area contributed by atoms with Gasteiger partial charge in [0.25, 0.3) is 6.43 Å². The number of pyridine rings is 2. The molecule has 0 saturated heterocycles. The van der Waals surface area contributed by atoms with Crippen LogP contribution in [-0.4, -0.2) is 33.3 Å². The van der Waals surface area contributed by atoms with E-state index in [1.807, 2.05) is 13.8 Å². The van der Waals surface area contributed by atoms with Gasteiger partial charge < -0.3 is 15.2 Å². The Hall–Kier alpha value is -2.84. The zero-order chi connectivity index (χ0) is 21.6. The Balaban J connectivity index is 2.24. The number of alkyl halides is 3. The number of amides is 1. The van der Waals surface area contributed by atoms with Gasteiger partial charge in [0.2, 0.25) is 0 Å². The van der Waals surface area contributed by atoms with E-state index in [9.17, 15) is 18.0 Å². The average Bonchev–Trinajstić information content (AvgIpc) is 2.65. The largest absolute Gasteiger partial charge is 0.489 e. The molecule has 2 aromatic heterocycles. The van der Waals surface area contributed by atoms with E-state index in [1.54, 1.807) is 6.92 Å². The molecule has 0 aliphatic carbocycles. The third kappa shape index (κ3) is 6.33. The summed E-state index contributed by atoms with van der Waals surface area (Å²) in [5.74, 6) is 0.369. The van der Waals surface area contributed by atoms with Crippen molar-refractivity contribution in [3.05, 3.63) is 41.9 Å². The van der Waals surface area contributed by atoms with Gasteiger partial charge in [0, 0.05) is 11.8 Å². The fourth-order valence-corrected chi connectivity index (χ4v) is 3.15. The first-order chi connectivity index (χ1) is 13.6. The lowest BCUT2D eigenvalue weighted by Gasteiger charge is -2.31. The van der Waals surface area contributed by atoms with Crippen molar-refractivity contribution in [2.24, 2.45) is 5.92 Å². The van der Waals surface area contributed by atoms with E-state index >= 15 is 0 Å². The third-order valence-electron chi connectivity index (χ3n) is 4.17. The van der Waals surface area contributed by atoms with Gasteiger partial charge in [-0.2, -0.15) is 0 Å². The molecule has 158 valence electrons. The van der Waals surface area contributed by atoms with Crippen molar-refractivity contribution < 1.29 is 27.8 Å². The second-order valence-electron chi connectivity index (χ2n) is 7.42. The van der Waals surface area contributed by atoms with E-state index in [0.717, 1.165) is 0 Å². The maximum absolute atomic E-state index is 13.5. The number of nitrogens with one attached hydrogen (secondary N) is 1. The Kier molecular flexibility index (Phi) is 7.41. The summed E-state index contributed by atoms with van der Waals surface area (Å²) in [6.45, 7) is 4.67. The monoisotopic (exact) mass is 411 g/mol. The van der Waals surface area contributed by atoms with Crippen LogP contribution in [0.2, 0.25) is 0 Å². The first-order valence-corrected chi connectivity index (χ1v) is 9.08. The van der Waals surface area contributed by atoms with Gasteiger partial charge in [-0.15, -0.1) is 0 Å². The Bertz CT molecular complexity index is 849. The van der Waals surface area contributed by atoms with Crippen LogP contribution in [0.3, 0.4) is 0 Å². The summed E-state index contributed by atoms with van der Waals surface area (Å²) in [6.07, 6.45) is -2.14. The molecule has 0 aromatic carbocycles. The highest BCUT2D eigenvalue weighted by Crippen LogP contribution is 2.27. The fourth-order valence-electron chi connectivity index (χ4n) is 3.15. The van der Waals surface area contributed by atoms with Crippen molar-refractivity contribution in [2.75, 3.05) is 6.61 Å². The van der Waals surface area contributed by atoms with Crippen molar-refractivity contribution in [1.82, 2.24) is 15.3 Å². The highest BCUT2D eigenvalue weighted by Gasteiger charge is 2.29. The summed E-state index contributed by atoms with van der Waals surface area (Å²) >= 11 is 0. The summed E-state index contributed by atoms with van der Waals surface area (Å²) in [7, 11) is 0. The minimum absolute atomic E-state index is 0.000121. The van der Waals surface area contributed by atoms with Crippen LogP contribution in [0.5, 0.6) is 5.75 Å². The lowest BCUT2D eigenvalue weighted by Crippen LogP contribution is -2.50. The summed E-state index contributed by atoms with van der Waals surface area (Å²) in [5, 5.41) is 11.5. The normalized spacial score (nSPS) is 13.4. The molecule has 6 nitrogen and oxygen atoms in total. The van der Waals surface area contributed by atoms with Gasteiger partial charge in [0.1, 0.15) is 30.4 Å². The van der Waals surface area contributed by atoms with Crippen molar-refractivity contribution in [3.8, 4) is 17.0 Å². The Morgan fingerprint density at radius 2 is 2.03 bits per heavy atom. The number of aromatic nitrogens is 2. The number of nitrogens with zero attached hydrogens (tertiary/aromatic N) is 2. The molecule has 9 heteroatoms. The second kappa shape index (κ2) is 9.58. The van der Waals surface area contributed by atoms with Gasteiger partial charge in [0.05, 0.1) is 11.2 Å². The molecule has 1 atom stereocenters. The molecule has 2 rings (SSSR count). The van der Waals surface area contributed by atoms with Gasteiger partial charge in [0.15, 0.2) is 0 Å². The second-order valence-corrected chi connectivity index (χ2v) is 7.42. The molecular weight excluding hydrogens is 387 g/mol. The number of ether oxygens (including phenoxy) is 1. The van der Waals surface area contributed by atoms with E-state index in [2.05, 4.69) is 15.3 Å². The Labute approximate surface area is 167 Å². The number of carboxylic acid groups (broad SMARTS) is 1. The number of hydrogen-bond donors (Lipinski definition) is 2. The standard InChI is InChI=1S/C20H24F3N3O3/c1-12(2)9-20(3,26-19(27)28)11-29-17-5-4-14(25-16(17)10-21)13-6-7-24-15(8-13)18(22)23/h4-8,12,18,26H,9-11H2,1-3H3,(H,27,28). The van der Waals surface area contributed by atoms with Crippen molar-refractivity contribution in [1.29, 1.82) is 0 Å².